The Morgan fingerprint density at radius 3 is 3.08 bits per heavy atom. The monoisotopic (exact) mass is 214 g/mol. The zero-order valence-corrected chi connectivity index (χ0v) is 8.74. The number of thioether (sulfide) groups is 2. The molecule has 1 aromatic heterocycles. The standard InChI is InChI=1S/C8H10N2OS2/c1-2-7-9-8(10-11-7)6-5-12-3-4-13-6/h2,6H,1,3-5H2. The molecule has 0 saturated carbocycles. The van der Waals surface area contributed by atoms with Gasteiger partial charge >= 0.3 is 0 Å². The van der Waals surface area contributed by atoms with Crippen molar-refractivity contribution in [3.8, 4) is 0 Å². The van der Waals surface area contributed by atoms with Crippen molar-refractivity contribution in [2.45, 2.75) is 5.25 Å². The van der Waals surface area contributed by atoms with Crippen LogP contribution in [0.2, 0.25) is 0 Å². The quantitative estimate of drug-likeness (QED) is 0.755. The van der Waals surface area contributed by atoms with E-state index in [-0.39, 0.29) is 0 Å². The molecule has 1 unspecified atom stereocenters. The molecule has 1 fully saturated rings. The van der Waals surface area contributed by atoms with Crippen LogP contribution in [0.3, 0.4) is 0 Å². The predicted molar refractivity (Wildman–Crippen MR) is 56.9 cm³/mol. The second-order valence-corrected chi connectivity index (χ2v) is 5.09. The van der Waals surface area contributed by atoms with Crippen LogP contribution in [-0.2, 0) is 0 Å². The molecule has 0 spiro atoms. The van der Waals surface area contributed by atoms with Crippen molar-refractivity contribution >= 4 is 29.6 Å². The highest BCUT2D eigenvalue weighted by Gasteiger charge is 2.21. The van der Waals surface area contributed by atoms with Gasteiger partial charge in [0.15, 0.2) is 5.82 Å². The largest absolute Gasteiger partial charge is 0.335 e. The molecule has 1 aromatic rings. The van der Waals surface area contributed by atoms with Crippen molar-refractivity contribution in [3.05, 3.63) is 18.3 Å². The number of hydrogen-bond acceptors (Lipinski definition) is 5. The molecule has 0 amide bonds. The van der Waals surface area contributed by atoms with Crippen LogP contribution in [0.5, 0.6) is 0 Å². The van der Waals surface area contributed by atoms with Gasteiger partial charge in [-0.3, -0.25) is 0 Å². The van der Waals surface area contributed by atoms with Crippen LogP contribution < -0.4 is 0 Å². The van der Waals surface area contributed by atoms with Crippen LogP contribution in [0.4, 0.5) is 0 Å². The number of rotatable bonds is 2. The second kappa shape index (κ2) is 4.19. The smallest absolute Gasteiger partial charge is 0.250 e. The second-order valence-electron chi connectivity index (χ2n) is 2.63. The molecule has 3 nitrogen and oxygen atoms in total. The Balaban J connectivity index is 2.09. The van der Waals surface area contributed by atoms with Crippen molar-refractivity contribution in [2.75, 3.05) is 17.3 Å². The molecule has 2 heterocycles. The fourth-order valence-electron chi connectivity index (χ4n) is 1.10. The molecule has 1 aliphatic heterocycles. The third-order valence-electron chi connectivity index (χ3n) is 1.74. The minimum atomic E-state index is 0.399. The van der Waals surface area contributed by atoms with E-state index < -0.39 is 0 Å². The lowest BCUT2D eigenvalue weighted by Gasteiger charge is -2.16. The normalized spacial score (nSPS) is 22.9. The maximum Gasteiger partial charge on any atom is 0.250 e. The fraction of sp³-hybridized carbons (Fsp3) is 0.500. The summed E-state index contributed by atoms with van der Waals surface area (Å²) < 4.78 is 4.97. The molecule has 0 N–H and O–H groups in total. The van der Waals surface area contributed by atoms with Crippen molar-refractivity contribution < 1.29 is 4.52 Å². The van der Waals surface area contributed by atoms with Gasteiger partial charge in [-0.05, 0) is 6.08 Å². The molecule has 1 aliphatic rings. The molecule has 1 saturated heterocycles. The van der Waals surface area contributed by atoms with E-state index in [2.05, 4.69) is 16.7 Å². The molecular formula is C8H10N2OS2. The Hall–Kier alpha value is -0.420. The molecule has 0 aromatic carbocycles. The van der Waals surface area contributed by atoms with E-state index in [1.807, 2.05) is 23.5 Å². The molecule has 0 radical (unpaired) electrons. The summed E-state index contributed by atoms with van der Waals surface area (Å²) in [6, 6.07) is 0. The lowest BCUT2D eigenvalue weighted by atomic mass is 10.4. The average Bonchev–Trinajstić information content (AvgIpc) is 2.67. The maximum atomic E-state index is 4.97. The summed E-state index contributed by atoms with van der Waals surface area (Å²) in [7, 11) is 0. The van der Waals surface area contributed by atoms with Gasteiger partial charge in [0.05, 0.1) is 5.25 Å². The van der Waals surface area contributed by atoms with Crippen LogP contribution in [0.15, 0.2) is 11.1 Å². The Morgan fingerprint density at radius 1 is 1.54 bits per heavy atom. The number of hydrogen-bond donors (Lipinski definition) is 0. The van der Waals surface area contributed by atoms with E-state index in [1.165, 1.54) is 11.5 Å². The van der Waals surface area contributed by atoms with Gasteiger partial charge in [0.2, 0.25) is 5.89 Å². The van der Waals surface area contributed by atoms with Gasteiger partial charge in [-0.15, -0.1) is 11.8 Å². The minimum Gasteiger partial charge on any atom is -0.335 e. The molecule has 1 atom stereocenters. The zero-order valence-electron chi connectivity index (χ0n) is 7.10. The van der Waals surface area contributed by atoms with Crippen LogP contribution in [0.1, 0.15) is 17.0 Å². The SMILES string of the molecule is C=Cc1nc(C2CSCCS2)no1. The first kappa shape index (κ1) is 9.15. The van der Waals surface area contributed by atoms with E-state index in [9.17, 15) is 0 Å². The summed E-state index contributed by atoms with van der Waals surface area (Å²) in [5.74, 6) is 4.82. The Morgan fingerprint density at radius 2 is 2.46 bits per heavy atom. The van der Waals surface area contributed by atoms with Crippen LogP contribution in [0, 0.1) is 0 Å². The van der Waals surface area contributed by atoms with E-state index in [0.717, 1.165) is 11.6 Å². The van der Waals surface area contributed by atoms with Gasteiger partial charge in [0.1, 0.15) is 0 Å². The highest BCUT2D eigenvalue weighted by atomic mass is 32.2. The molecule has 0 bridgehead atoms. The third-order valence-corrected chi connectivity index (χ3v) is 4.49. The van der Waals surface area contributed by atoms with Gasteiger partial charge in [0.25, 0.3) is 0 Å². The van der Waals surface area contributed by atoms with E-state index in [0.29, 0.717) is 11.1 Å². The lowest BCUT2D eigenvalue weighted by molar-refractivity contribution is 0.403. The van der Waals surface area contributed by atoms with Crippen LogP contribution in [-0.4, -0.2) is 27.4 Å². The first-order chi connectivity index (χ1) is 6.40. The van der Waals surface area contributed by atoms with E-state index >= 15 is 0 Å². The van der Waals surface area contributed by atoms with Crippen molar-refractivity contribution in [2.24, 2.45) is 0 Å². The van der Waals surface area contributed by atoms with Gasteiger partial charge in [-0.25, -0.2) is 0 Å². The van der Waals surface area contributed by atoms with Gasteiger partial charge in [0, 0.05) is 17.3 Å². The lowest BCUT2D eigenvalue weighted by Crippen LogP contribution is -2.07. The van der Waals surface area contributed by atoms with Crippen molar-refractivity contribution in [1.29, 1.82) is 0 Å². The Kier molecular flexibility index (Phi) is 2.95. The molecule has 70 valence electrons. The summed E-state index contributed by atoms with van der Waals surface area (Å²) in [6.07, 6.45) is 1.58. The maximum absolute atomic E-state index is 4.97. The molecule has 2 rings (SSSR count). The molecular weight excluding hydrogens is 204 g/mol. The highest BCUT2D eigenvalue weighted by Crippen LogP contribution is 2.35. The van der Waals surface area contributed by atoms with Gasteiger partial charge in [-0.2, -0.15) is 16.7 Å². The average molecular weight is 214 g/mol. The first-order valence-corrected chi connectivity index (χ1v) is 6.26. The zero-order chi connectivity index (χ0) is 9.10. The first-order valence-electron chi connectivity index (χ1n) is 4.05. The predicted octanol–water partition coefficient (Wildman–Crippen LogP) is 2.23. The van der Waals surface area contributed by atoms with Crippen molar-refractivity contribution in [3.63, 3.8) is 0 Å². The summed E-state index contributed by atoms with van der Waals surface area (Å²) in [6.45, 7) is 3.58. The minimum absolute atomic E-state index is 0.399. The molecule has 5 heteroatoms. The van der Waals surface area contributed by atoms with Crippen molar-refractivity contribution in [1.82, 2.24) is 10.1 Å². The summed E-state index contributed by atoms with van der Waals surface area (Å²) in [5, 5.41) is 4.32. The topological polar surface area (TPSA) is 38.9 Å². The van der Waals surface area contributed by atoms with Gasteiger partial charge < -0.3 is 4.52 Å². The molecule has 13 heavy (non-hydrogen) atoms. The summed E-state index contributed by atoms with van der Waals surface area (Å²) in [5.41, 5.74) is 0. The number of nitrogens with zero attached hydrogens (tertiary/aromatic N) is 2. The Bertz CT molecular complexity index is 294. The third kappa shape index (κ3) is 2.08. The Labute approximate surface area is 85.4 Å². The van der Waals surface area contributed by atoms with E-state index in [4.69, 9.17) is 4.52 Å². The highest BCUT2D eigenvalue weighted by molar-refractivity contribution is 8.06. The van der Waals surface area contributed by atoms with E-state index in [1.54, 1.807) is 6.08 Å². The summed E-state index contributed by atoms with van der Waals surface area (Å²) >= 11 is 3.85. The summed E-state index contributed by atoms with van der Waals surface area (Å²) in [4.78, 5) is 4.22. The fourth-order valence-corrected chi connectivity index (χ4v) is 3.69. The van der Waals surface area contributed by atoms with Gasteiger partial charge in [-0.1, -0.05) is 11.7 Å². The van der Waals surface area contributed by atoms with Crippen LogP contribution in [0.25, 0.3) is 6.08 Å². The van der Waals surface area contributed by atoms with Crippen LogP contribution >= 0.6 is 23.5 Å². The molecule has 0 aliphatic carbocycles. The number of aromatic nitrogens is 2.